The Morgan fingerprint density at radius 1 is 1.00 bits per heavy atom. The zero-order valence-corrected chi connectivity index (χ0v) is 13.4. The van der Waals surface area contributed by atoms with Crippen molar-refractivity contribution in [3.05, 3.63) is 0 Å². The molecule has 21 heavy (non-hydrogen) atoms. The van der Waals surface area contributed by atoms with Gasteiger partial charge < -0.3 is 19.3 Å². The van der Waals surface area contributed by atoms with Gasteiger partial charge in [-0.1, -0.05) is 44.9 Å². The number of fused-ring (bicyclic) bond motifs is 1. The van der Waals surface area contributed by atoms with E-state index in [0.29, 0.717) is 0 Å². The molecule has 4 heteroatoms. The zero-order valence-electron chi connectivity index (χ0n) is 13.4. The number of hydrogen-bond acceptors (Lipinski definition) is 4. The second kappa shape index (κ2) is 7.60. The van der Waals surface area contributed by atoms with E-state index in [9.17, 15) is 5.11 Å². The maximum Gasteiger partial charge on any atom is 0.185 e. The molecule has 0 aliphatic carbocycles. The summed E-state index contributed by atoms with van der Waals surface area (Å²) in [5, 5.41) is 9.83. The predicted molar refractivity (Wildman–Crippen MR) is 80.5 cm³/mol. The highest BCUT2D eigenvalue weighted by Crippen LogP contribution is 2.37. The largest absolute Gasteiger partial charge is 0.366 e. The smallest absolute Gasteiger partial charge is 0.185 e. The van der Waals surface area contributed by atoms with Crippen molar-refractivity contribution in [2.24, 2.45) is 0 Å². The van der Waals surface area contributed by atoms with Gasteiger partial charge in [-0.3, -0.25) is 0 Å². The summed E-state index contributed by atoms with van der Waals surface area (Å²) in [6.45, 7) is 5.92. The third kappa shape index (κ3) is 4.69. The Kier molecular flexibility index (Phi) is 6.07. The quantitative estimate of drug-likeness (QED) is 0.605. The summed E-state index contributed by atoms with van der Waals surface area (Å²) in [5.74, 6) is 5.58. The standard InChI is InChI=1S/C17H28O4/c1-4-5-6-7-8-9-10-11-12-13-14-15(16(18)19-13)21-17(2,3)20-14/h13-16,18H,4-10H2,1-3H3/t13-,14-,15+,16?/m1/s1. The number of hydrogen-bond donors (Lipinski definition) is 1. The molecule has 0 aromatic rings. The molecule has 0 spiro atoms. The van der Waals surface area contributed by atoms with Crippen LogP contribution in [0.2, 0.25) is 0 Å². The first-order valence-corrected chi connectivity index (χ1v) is 8.21. The Bertz CT molecular complexity index is 382. The van der Waals surface area contributed by atoms with Gasteiger partial charge in [0, 0.05) is 6.42 Å². The zero-order chi connectivity index (χ0) is 15.3. The molecule has 2 fully saturated rings. The van der Waals surface area contributed by atoms with E-state index in [1.54, 1.807) is 0 Å². The lowest BCUT2D eigenvalue weighted by molar-refractivity contribution is -0.213. The predicted octanol–water partition coefficient (Wildman–Crippen LogP) is 2.98. The van der Waals surface area contributed by atoms with Crippen molar-refractivity contribution in [2.45, 2.75) is 96.1 Å². The van der Waals surface area contributed by atoms with E-state index < -0.39 is 18.2 Å². The number of rotatable bonds is 6. The van der Waals surface area contributed by atoms with Gasteiger partial charge in [0.2, 0.25) is 0 Å². The molecule has 0 aromatic heterocycles. The average Bonchev–Trinajstić information content (AvgIpc) is 2.88. The second-order valence-corrected chi connectivity index (χ2v) is 6.35. The van der Waals surface area contributed by atoms with Crippen LogP contribution in [0.25, 0.3) is 0 Å². The van der Waals surface area contributed by atoms with E-state index in [1.165, 1.54) is 32.1 Å². The van der Waals surface area contributed by atoms with Crippen LogP contribution in [-0.2, 0) is 14.2 Å². The fourth-order valence-corrected chi connectivity index (χ4v) is 2.86. The van der Waals surface area contributed by atoms with E-state index >= 15 is 0 Å². The van der Waals surface area contributed by atoms with Gasteiger partial charge in [0.1, 0.15) is 18.3 Å². The molecular formula is C17H28O4. The topological polar surface area (TPSA) is 47.9 Å². The van der Waals surface area contributed by atoms with Gasteiger partial charge in [-0.05, 0) is 20.3 Å². The second-order valence-electron chi connectivity index (χ2n) is 6.35. The lowest BCUT2D eigenvalue weighted by Crippen LogP contribution is -2.29. The normalized spacial score (nSPS) is 33.5. The van der Waals surface area contributed by atoms with Crippen LogP contribution < -0.4 is 0 Å². The molecule has 0 saturated carbocycles. The summed E-state index contributed by atoms with van der Waals surface area (Å²) in [4.78, 5) is 0. The van der Waals surface area contributed by atoms with Gasteiger partial charge in [-0.15, -0.1) is 5.92 Å². The molecule has 2 aliphatic rings. The first-order valence-electron chi connectivity index (χ1n) is 8.21. The third-order valence-electron chi connectivity index (χ3n) is 3.93. The minimum atomic E-state index is -0.940. The van der Waals surface area contributed by atoms with Crippen molar-refractivity contribution < 1.29 is 19.3 Å². The van der Waals surface area contributed by atoms with Gasteiger partial charge in [0.05, 0.1) is 0 Å². The van der Waals surface area contributed by atoms with Crippen LogP contribution in [0, 0.1) is 11.8 Å². The molecule has 0 aromatic carbocycles. The Morgan fingerprint density at radius 2 is 1.67 bits per heavy atom. The molecule has 2 rings (SSSR count). The van der Waals surface area contributed by atoms with Crippen molar-refractivity contribution in [1.82, 2.24) is 0 Å². The summed E-state index contributed by atoms with van der Waals surface area (Å²) in [7, 11) is 0. The van der Waals surface area contributed by atoms with Crippen molar-refractivity contribution >= 4 is 0 Å². The molecule has 0 radical (unpaired) electrons. The van der Waals surface area contributed by atoms with E-state index in [2.05, 4.69) is 18.8 Å². The molecule has 0 amide bonds. The van der Waals surface area contributed by atoms with Crippen LogP contribution in [0.4, 0.5) is 0 Å². The van der Waals surface area contributed by atoms with E-state index in [1.807, 2.05) is 13.8 Å². The maximum absolute atomic E-state index is 9.83. The van der Waals surface area contributed by atoms with Crippen LogP contribution in [0.3, 0.4) is 0 Å². The molecule has 1 N–H and O–H groups in total. The number of aliphatic hydroxyl groups excluding tert-OH is 1. The van der Waals surface area contributed by atoms with Crippen molar-refractivity contribution in [1.29, 1.82) is 0 Å². The van der Waals surface area contributed by atoms with Crippen LogP contribution in [-0.4, -0.2) is 35.5 Å². The summed E-state index contributed by atoms with van der Waals surface area (Å²) in [6, 6.07) is 0. The fourth-order valence-electron chi connectivity index (χ4n) is 2.86. The monoisotopic (exact) mass is 296 g/mol. The first-order chi connectivity index (χ1) is 10.0. The van der Waals surface area contributed by atoms with Crippen molar-refractivity contribution in [3.63, 3.8) is 0 Å². The van der Waals surface area contributed by atoms with Gasteiger partial charge in [0.25, 0.3) is 0 Å². The Morgan fingerprint density at radius 3 is 2.43 bits per heavy atom. The SMILES string of the molecule is CCCCCCCCC#C[C@H]1OC(O)[C@H]2OC(C)(C)O[C@@H]21. The Labute approximate surface area is 128 Å². The Balaban J connectivity index is 1.70. The van der Waals surface area contributed by atoms with E-state index in [-0.39, 0.29) is 12.2 Å². The van der Waals surface area contributed by atoms with Crippen LogP contribution in [0.15, 0.2) is 0 Å². The molecule has 2 saturated heterocycles. The first kappa shape index (κ1) is 16.8. The molecule has 2 aliphatic heterocycles. The van der Waals surface area contributed by atoms with E-state index in [4.69, 9.17) is 14.2 Å². The lowest BCUT2D eigenvalue weighted by atomic mass is 10.1. The van der Waals surface area contributed by atoms with Gasteiger partial charge in [0.15, 0.2) is 12.1 Å². The molecule has 2 heterocycles. The number of unbranched alkanes of at least 4 members (excludes halogenated alkanes) is 6. The molecule has 120 valence electrons. The van der Waals surface area contributed by atoms with Crippen molar-refractivity contribution in [2.75, 3.05) is 0 Å². The van der Waals surface area contributed by atoms with Gasteiger partial charge >= 0.3 is 0 Å². The van der Waals surface area contributed by atoms with Crippen LogP contribution in [0.1, 0.15) is 65.7 Å². The summed E-state index contributed by atoms with van der Waals surface area (Å²) in [5.41, 5.74) is 0. The van der Waals surface area contributed by atoms with Crippen molar-refractivity contribution in [3.8, 4) is 11.8 Å². The van der Waals surface area contributed by atoms with Gasteiger partial charge in [-0.2, -0.15) is 0 Å². The number of aliphatic hydroxyl groups is 1. The summed E-state index contributed by atoms with van der Waals surface area (Å²) < 4.78 is 16.8. The molecule has 1 unspecified atom stereocenters. The third-order valence-corrected chi connectivity index (χ3v) is 3.93. The number of ether oxygens (including phenoxy) is 3. The Hall–Kier alpha value is -0.600. The lowest BCUT2D eigenvalue weighted by Gasteiger charge is -2.20. The molecular weight excluding hydrogens is 268 g/mol. The average molecular weight is 296 g/mol. The highest BCUT2D eigenvalue weighted by atomic mass is 16.8. The highest BCUT2D eigenvalue weighted by molar-refractivity contribution is 5.13. The summed E-state index contributed by atoms with van der Waals surface area (Å²) >= 11 is 0. The summed E-state index contributed by atoms with van der Waals surface area (Å²) in [6.07, 6.45) is 6.44. The fraction of sp³-hybridized carbons (Fsp3) is 0.882. The van der Waals surface area contributed by atoms with E-state index in [0.717, 1.165) is 12.8 Å². The molecule has 4 nitrogen and oxygen atoms in total. The van der Waals surface area contributed by atoms with Crippen LogP contribution in [0.5, 0.6) is 0 Å². The highest BCUT2D eigenvalue weighted by Gasteiger charge is 2.54. The van der Waals surface area contributed by atoms with Gasteiger partial charge in [-0.25, -0.2) is 0 Å². The minimum Gasteiger partial charge on any atom is -0.366 e. The molecule has 0 bridgehead atoms. The molecule has 4 atom stereocenters. The maximum atomic E-state index is 9.83. The van der Waals surface area contributed by atoms with Crippen LogP contribution >= 0.6 is 0 Å². The minimum absolute atomic E-state index is 0.285.